The Morgan fingerprint density at radius 2 is 2.16 bits per heavy atom. The number of carbonyl (C=O) groups is 1. The van der Waals surface area contributed by atoms with E-state index in [1.807, 2.05) is 6.07 Å². The number of aliphatic hydroxyl groups is 1. The predicted molar refractivity (Wildman–Crippen MR) is 69.8 cm³/mol. The van der Waals surface area contributed by atoms with Crippen LogP contribution in [0.3, 0.4) is 0 Å². The smallest absolute Gasteiger partial charge is 0.357 e. The molecular formula is C13H11ClN2O3. The van der Waals surface area contributed by atoms with E-state index < -0.39 is 5.97 Å². The molecule has 2 aromatic rings. The van der Waals surface area contributed by atoms with Crippen molar-refractivity contribution in [1.82, 2.24) is 9.97 Å². The Balaban J connectivity index is 2.26. The summed E-state index contributed by atoms with van der Waals surface area (Å²) < 4.78 is 4.79. The number of hydrogen-bond acceptors (Lipinski definition) is 5. The topological polar surface area (TPSA) is 72.3 Å². The number of halogens is 1. The molecule has 0 atom stereocenters. The van der Waals surface area contributed by atoms with Crippen LogP contribution >= 0.6 is 11.6 Å². The molecule has 0 aliphatic heterocycles. The Hall–Kier alpha value is -1.98. The number of nitrogens with zero attached hydrogens (tertiary/aromatic N) is 2. The van der Waals surface area contributed by atoms with Gasteiger partial charge in [-0.1, -0.05) is 23.7 Å². The van der Waals surface area contributed by atoms with Gasteiger partial charge in [0.15, 0.2) is 5.69 Å². The van der Waals surface area contributed by atoms with E-state index in [-0.39, 0.29) is 18.9 Å². The summed E-state index contributed by atoms with van der Waals surface area (Å²) in [6.45, 7) is -0.284. The van der Waals surface area contributed by atoms with E-state index in [0.717, 1.165) is 5.56 Å². The molecule has 2 rings (SSSR count). The highest BCUT2D eigenvalue weighted by atomic mass is 35.5. The van der Waals surface area contributed by atoms with Gasteiger partial charge in [0.05, 0.1) is 12.3 Å². The van der Waals surface area contributed by atoms with Gasteiger partial charge in [0.25, 0.3) is 0 Å². The monoisotopic (exact) mass is 278 g/mol. The Morgan fingerprint density at radius 3 is 2.89 bits per heavy atom. The lowest BCUT2D eigenvalue weighted by molar-refractivity contribution is 0.0427. The minimum Gasteiger partial charge on any atom is -0.459 e. The van der Waals surface area contributed by atoms with Crippen LogP contribution in [0.5, 0.6) is 0 Å². The minimum atomic E-state index is -0.597. The number of carbonyl (C=O) groups excluding carboxylic acids is 1. The molecule has 0 aliphatic rings. The Bertz CT molecular complexity index is 590. The molecule has 0 spiro atoms. The zero-order valence-electron chi connectivity index (χ0n) is 9.91. The van der Waals surface area contributed by atoms with Crippen molar-refractivity contribution in [3.63, 3.8) is 0 Å². The minimum absolute atomic E-state index is 0.0602. The summed E-state index contributed by atoms with van der Waals surface area (Å²) >= 11 is 5.90. The van der Waals surface area contributed by atoms with Crippen molar-refractivity contribution in [3.8, 4) is 11.3 Å². The van der Waals surface area contributed by atoms with E-state index in [1.54, 1.807) is 18.2 Å². The van der Waals surface area contributed by atoms with Gasteiger partial charge in [-0.05, 0) is 18.2 Å². The summed E-state index contributed by atoms with van der Waals surface area (Å²) in [5, 5.41) is 9.18. The fraction of sp³-hybridized carbons (Fsp3) is 0.154. The van der Waals surface area contributed by atoms with Crippen LogP contribution in [-0.4, -0.2) is 34.3 Å². The first kappa shape index (κ1) is 13.5. The fourth-order valence-electron chi connectivity index (χ4n) is 1.49. The van der Waals surface area contributed by atoms with Gasteiger partial charge in [-0.15, -0.1) is 0 Å². The standard InChI is InChI=1S/C13H11ClN2O3/c14-10-3-1-2-9(6-10)11-7-12(16-8-15-11)13(18)19-5-4-17/h1-3,6-8,17H,4-5H2. The number of rotatable bonds is 4. The molecule has 0 saturated heterocycles. The number of aliphatic hydroxyl groups excluding tert-OH is 1. The van der Waals surface area contributed by atoms with Gasteiger partial charge < -0.3 is 9.84 Å². The van der Waals surface area contributed by atoms with Crippen LogP contribution < -0.4 is 0 Å². The lowest BCUT2D eigenvalue weighted by Crippen LogP contribution is -2.10. The van der Waals surface area contributed by atoms with Crippen molar-refractivity contribution in [2.45, 2.75) is 0 Å². The SMILES string of the molecule is O=C(OCCO)c1cc(-c2cccc(Cl)c2)ncn1. The maximum Gasteiger partial charge on any atom is 0.357 e. The van der Waals surface area contributed by atoms with E-state index >= 15 is 0 Å². The van der Waals surface area contributed by atoms with E-state index in [9.17, 15) is 4.79 Å². The largest absolute Gasteiger partial charge is 0.459 e. The van der Waals surface area contributed by atoms with Crippen molar-refractivity contribution in [1.29, 1.82) is 0 Å². The van der Waals surface area contributed by atoms with Gasteiger partial charge in [-0.25, -0.2) is 14.8 Å². The number of benzene rings is 1. The summed E-state index contributed by atoms with van der Waals surface area (Å²) in [5.74, 6) is -0.597. The van der Waals surface area contributed by atoms with Crippen LogP contribution in [0.1, 0.15) is 10.5 Å². The van der Waals surface area contributed by atoms with Crippen molar-refractivity contribution < 1.29 is 14.6 Å². The van der Waals surface area contributed by atoms with Crippen molar-refractivity contribution in [2.75, 3.05) is 13.2 Å². The summed E-state index contributed by atoms with van der Waals surface area (Å²) in [6.07, 6.45) is 1.28. The van der Waals surface area contributed by atoms with Crippen LogP contribution in [0.25, 0.3) is 11.3 Å². The third-order valence-corrected chi connectivity index (χ3v) is 2.56. The molecule has 5 nitrogen and oxygen atoms in total. The maximum atomic E-state index is 11.6. The quantitative estimate of drug-likeness (QED) is 0.866. The predicted octanol–water partition coefficient (Wildman–Crippen LogP) is 1.95. The summed E-state index contributed by atoms with van der Waals surface area (Å²) in [5.41, 5.74) is 1.50. The molecule has 0 amide bonds. The first-order valence-electron chi connectivity index (χ1n) is 5.56. The van der Waals surface area contributed by atoms with Crippen LogP contribution in [0.15, 0.2) is 36.7 Å². The van der Waals surface area contributed by atoms with Crippen LogP contribution in [0.4, 0.5) is 0 Å². The highest BCUT2D eigenvalue weighted by Gasteiger charge is 2.11. The molecule has 6 heteroatoms. The molecule has 0 radical (unpaired) electrons. The molecule has 1 heterocycles. The third-order valence-electron chi connectivity index (χ3n) is 2.32. The summed E-state index contributed by atoms with van der Waals surface area (Å²) in [4.78, 5) is 19.5. The van der Waals surface area contributed by atoms with Gasteiger partial charge >= 0.3 is 5.97 Å². The Kier molecular flexibility index (Phi) is 4.43. The zero-order valence-corrected chi connectivity index (χ0v) is 10.7. The lowest BCUT2D eigenvalue weighted by Gasteiger charge is -2.04. The molecule has 98 valence electrons. The Labute approximate surface area is 114 Å². The normalized spacial score (nSPS) is 10.2. The first-order valence-corrected chi connectivity index (χ1v) is 5.94. The second kappa shape index (κ2) is 6.26. The van der Waals surface area contributed by atoms with Crippen molar-refractivity contribution in [2.24, 2.45) is 0 Å². The molecule has 1 aromatic carbocycles. The number of esters is 1. The van der Waals surface area contributed by atoms with Crippen LogP contribution in [-0.2, 0) is 4.74 Å². The fourth-order valence-corrected chi connectivity index (χ4v) is 1.68. The maximum absolute atomic E-state index is 11.6. The van der Waals surface area contributed by atoms with E-state index in [0.29, 0.717) is 10.7 Å². The molecule has 1 aromatic heterocycles. The average molecular weight is 279 g/mol. The average Bonchev–Trinajstić information content (AvgIpc) is 2.45. The summed E-state index contributed by atoms with van der Waals surface area (Å²) in [7, 11) is 0. The number of ether oxygens (including phenoxy) is 1. The Morgan fingerprint density at radius 1 is 1.32 bits per heavy atom. The highest BCUT2D eigenvalue weighted by Crippen LogP contribution is 2.20. The molecule has 0 bridgehead atoms. The lowest BCUT2D eigenvalue weighted by atomic mass is 10.1. The number of hydrogen-bond donors (Lipinski definition) is 1. The second-order valence-electron chi connectivity index (χ2n) is 3.66. The highest BCUT2D eigenvalue weighted by molar-refractivity contribution is 6.30. The van der Waals surface area contributed by atoms with Crippen LogP contribution in [0.2, 0.25) is 5.02 Å². The number of aromatic nitrogens is 2. The molecule has 0 saturated carbocycles. The van der Waals surface area contributed by atoms with Gasteiger partial charge in [-0.3, -0.25) is 0 Å². The molecule has 0 unspecified atom stereocenters. The molecular weight excluding hydrogens is 268 g/mol. The third kappa shape index (κ3) is 3.49. The van der Waals surface area contributed by atoms with Crippen molar-refractivity contribution in [3.05, 3.63) is 47.4 Å². The van der Waals surface area contributed by atoms with Gasteiger partial charge in [0.2, 0.25) is 0 Å². The van der Waals surface area contributed by atoms with Gasteiger partial charge in [-0.2, -0.15) is 0 Å². The van der Waals surface area contributed by atoms with E-state index in [1.165, 1.54) is 12.4 Å². The van der Waals surface area contributed by atoms with E-state index in [2.05, 4.69) is 9.97 Å². The van der Waals surface area contributed by atoms with Crippen molar-refractivity contribution >= 4 is 17.6 Å². The van der Waals surface area contributed by atoms with Gasteiger partial charge in [0, 0.05) is 10.6 Å². The molecule has 0 aliphatic carbocycles. The van der Waals surface area contributed by atoms with Gasteiger partial charge in [0.1, 0.15) is 12.9 Å². The summed E-state index contributed by atoms with van der Waals surface area (Å²) in [6, 6.07) is 8.64. The second-order valence-corrected chi connectivity index (χ2v) is 4.09. The zero-order chi connectivity index (χ0) is 13.7. The van der Waals surface area contributed by atoms with Crippen LogP contribution in [0, 0.1) is 0 Å². The first-order chi connectivity index (χ1) is 9.20. The molecule has 0 fully saturated rings. The molecule has 1 N–H and O–H groups in total. The van der Waals surface area contributed by atoms with E-state index in [4.69, 9.17) is 21.4 Å². The molecule has 19 heavy (non-hydrogen) atoms.